The molecule has 3 atom stereocenters. The van der Waals surface area contributed by atoms with Gasteiger partial charge in [0.2, 0.25) is 0 Å². The van der Waals surface area contributed by atoms with E-state index in [9.17, 15) is 0 Å². The molecule has 3 rings (SSSR count). The molecule has 2 N–H and O–H groups in total. The Labute approximate surface area is 145 Å². The maximum atomic E-state index is 5.82. The van der Waals surface area contributed by atoms with E-state index in [0.29, 0.717) is 18.0 Å². The quantitative estimate of drug-likeness (QED) is 0.781. The molecule has 0 aromatic heterocycles. The Hall–Kier alpha value is -0.810. The van der Waals surface area contributed by atoms with E-state index in [1.807, 2.05) is 12.1 Å². The number of benzene rings is 1. The van der Waals surface area contributed by atoms with Crippen LogP contribution in [0, 0.1) is 12.8 Å². The fourth-order valence-corrected chi connectivity index (χ4v) is 3.70. The lowest BCUT2D eigenvalue weighted by Gasteiger charge is -2.33. The van der Waals surface area contributed by atoms with E-state index in [-0.39, 0.29) is 12.4 Å². The van der Waals surface area contributed by atoms with Crippen LogP contribution in [-0.4, -0.2) is 45.0 Å². The number of rotatable bonds is 6. The zero-order chi connectivity index (χ0) is 15.2. The minimum absolute atomic E-state index is 0. The topological polar surface area (TPSA) is 42.5 Å². The molecule has 1 saturated heterocycles. The number of halogens is 1. The first-order valence-electron chi connectivity index (χ1n) is 8.57. The van der Waals surface area contributed by atoms with E-state index in [2.05, 4.69) is 29.7 Å². The van der Waals surface area contributed by atoms with E-state index in [1.54, 1.807) is 0 Å². The minimum Gasteiger partial charge on any atom is -0.492 e. The van der Waals surface area contributed by atoms with Crippen LogP contribution in [0.15, 0.2) is 24.3 Å². The standard InChI is InChI=1S/C18H28N2O2.ClH/c1-14-4-2-5-15(12-14)22-11-9-19-17-7-3-6-16(17)18-13-21-10-8-20-18;/h2,4-5,12,16-20H,3,6-11,13H2,1H3;1H. The molecule has 1 heterocycles. The van der Waals surface area contributed by atoms with E-state index in [4.69, 9.17) is 9.47 Å². The van der Waals surface area contributed by atoms with Crippen LogP contribution in [0.1, 0.15) is 24.8 Å². The summed E-state index contributed by atoms with van der Waals surface area (Å²) in [5.41, 5.74) is 1.24. The predicted octanol–water partition coefficient (Wildman–Crippen LogP) is 2.54. The molecule has 1 saturated carbocycles. The zero-order valence-electron chi connectivity index (χ0n) is 13.9. The Bertz CT molecular complexity index is 466. The van der Waals surface area contributed by atoms with Crippen LogP contribution in [0.25, 0.3) is 0 Å². The average Bonchev–Trinajstić information content (AvgIpc) is 3.01. The largest absolute Gasteiger partial charge is 0.492 e. The van der Waals surface area contributed by atoms with Crippen molar-refractivity contribution in [3.63, 3.8) is 0 Å². The first-order valence-corrected chi connectivity index (χ1v) is 8.57. The zero-order valence-corrected chi connectivity index (χ0v) is 14.7. The second-order valence-electron chi connectivity index (χ2n) is 6.46. The molecule has 23 heavy (non-hydrogen) atoms. The number of nitrogens with one attached hydrogen (secondary N) is 2. The molecule has 0 amide bonds. The molecule has 1 aliphatic carbocycles. The van der Waals surface area contributed by atoms with Gasteiger partial charge in [-0.3, -0.25) is 0 Å². The van der Waals surface area contributed by atoms with Gasteiger partial charge >= 0.3 is 0 Å². The Morgan fingerprint density at radius 3 is 3.04 bits per heavy atom. The number of hydrogen-bond acceptors (Lipinski definition) is 4. The number of ether oxygens (including phenoxy) is 2. The van der Waals surface area contributed by atoms with Crippen LogP contribution in [0.3, 0.4) is 0 Å². The van der Waals surface area contributed by atoms with Gasteiger partial charge in [0.25, 0.3) is 0 Å². The maximum absolute atomic E-state index is 5.82. The molecule has 0 radical (unpaired) electrons. The summed E-state index contributed by atoms with van der Waals surface area (Å²) >= 11 is 0. The first kappa shape index (κ1) is 18.5. The first-order chi connectivity index (χ1) is 10.8. The minimum atomic E-state index is 0. The van der Waals surface area contributed by atoms with Gasteiger partial charge in [0.05, 0.1) is 13.2 Å². The van der Waals surface area contributed by atoms with Crippen molar-refractivity contribution in [1.29, 1.82) is 0 Å². The van der Waals surface area contributed by atoms with Crippen LogP contribution in [0.5, 0.6) is 5.75 Å². The molecule has 5 heteroatoms. The van der Waals surface area contributed by atoms with E-state index in [0.717, 1.165) is 38.7 Å². The van der Waals surface area contributed by atoms with Gasteiger partial charge in [0.15, 0.2) is 0 Å². The molecule has 3 unspecified atom stereocenters. The van der Waals surface area contributed by atoms with Gasteiger partial charge in [-0.2, -0.15) is 0 Å². The van der Waals surface area contributed by atoms with Crippen LogP contribution in [0.2, 0.25) is 0 Å². The Morgan fingerprint density at radius 2 is 2.26 bits per heavy atom. The number of aryl methyl sites for hydroxylation is 1. The van der Waals surface area contributed by atoms with Crippen molar-refractivity contribution in [1.82, 2.24) is 10.6 Å². The normalized spacial score (nSPS) is 27.4. The Morgan fingerprint density at radius 1 is 1.35 bits per heavy atom. The van der Waals surface area contributed by atoms with Gasteiger partial charge in [-0.25, -0.2) is 0 Å². The van der Waals surface area contributed by atoms with Crippen LogP contribution >= 0.6 is 12.4 Å². The van der Waals surface area contributed by atoms with Gasteiger partial charge in [-0.1, -0.05) is 18.6 Å². The van der Waals surface area contributed by atoms with Crippen LogP contribution < -0.4 is 15.4 Å². The lowest BCUT2D eigenvalue weighted by molar-refractivity contribution is 0.0523. The summed E-state index contributed by atoms with van der Waals surface area (Å²) < 4.78 is 11.4. The maximum Gasteiger partial charge on any atom is 0.119 e. The number of hydrogen-bond donors (Lipinski definition) is 2. The average molecular weight is 341 g/mol. The third kappa shape index (κ3) is 5.35. The van der Waals surface area contributed by atoms with Gasteiger partial charge < -0.3 is 20.1 Å². The molecule has 0 bridgehead atoms. The second kappa shape index (κ2) is 9.48. The van der Waals surface area contributed by atoms with Crippen molar-refractivity contribution >= 4 is 12.4 Å². The van der Waals surface area contributed by atoms with Crippen molar-refractivity contribution in [2.75, 3.05) is 32.9 Å². The van der Waals surface area contributed by atoms with Gasteiger partial charge in [-0.15, -0.1) is 12.4 Å². The molecule has 2 aliphatic rings. The number of morpholine rings is 1. The van der Waals surface area contributed by atoms with Crippen molar-refractivity contribution < 1.29 is 9.47 Å². The van der Waals surface area contributed by atoms with Crippen molar-refractivity contribution in [2.45, 2.75) is 38.3 Å². The monoisotopic (exact) mass is 340 g/mol. The summed E-state index contributed by atoms with van der Waals surface area (Å²) in [4.78, 5) is 0. The molecule has 4 nitrogen and oxygen atoms in total. The smallest absolute Gasteiger partial charge is 0.119 e. The Kier molecular flexibility index (Phi) is 7.63. The second-order valence-corrected chi connectivity index (χ2v) is 6.46. The molecule has 1 aliphatic heterocycles. The molecule has 1 aromatic rings. The van der Waals surface area contributed by atoms with E-state index < -0.39 is 0 Å². The van der Waals surface area contributed by atoms with Crippen molar-refractivity contribution in [2.24, 2.45) is 5.92 Å². The molecule has 1 aromatic carbocycles. The predicted molar refractivity (Wildman–Crippen MR) is 95.7 cm³/mol. The summed E-state index contributed by atoms with van der Waals surface area (Å²) in [6, 6.07) is 9.36. The van der Waals surface area contributed by atoms with E-state index in [1.165, 1.54) is 24.8 Å². The third-order valence-electron chi connectivity index (χ3n) is 4.80. The highest BCUT2D eigenvalue weighted by Crippen LogP contribution is 2.29. The van der Waals surface area contributed by atoms with E-state index >= 15 is 0 Å². The summed E-state index contributed by atoms with van der Waals surface area (Å²) in [5, 5.41) is 7.31. The highest BCUT2D eigenvalue weighted by Gasteiger charge is 2.34. The van der Waals surface area contributed by atoms with Crippen molar-refractivity contribution in [3.05, 3.63) is 29.8 Å². The summed E-state index contributed by atoms with van der Waals surface area (Å²) in [6.07, 6.45) is 3.89. The fraction of sp³-hybridized carbons (Fsp3) is 0.667. The molecular weight excluding hydrogens is 312 g/mol. The summed E-state index contributed by atoms with van der Waals surface area (Å²) in [5.74, 6) is 1.66. The molecule has 2 fully saturated rings. The van der Waals surface area contributed by atoms with Gasteiger partial charge in [-0.05, 0) is 43.4 Å². The SMILES string of the molecule is Cc1cccc(OCCNC2CCCC2C2COCCN2)c1.Cl. The molecule has 0 spiro atoms. The fourth-order valence-electron chi connectivity index (χ4n) is 3.70. The van der Waals surface area contributed by atoms with Crippen LogP contribution in [0.4, 0.5) is 0 Å². The van der Waals surface area contributed by atoms with Gasteiger partial charge in [0, 0.05) is 25.2 Å². The third-order valence-corrected chi connectivity index (χ3v) is 4.80. The van der Waals surface area contributed by atoms with Crippen LogP contribution in [-0.2, 0) is 4.74 Å². The highest BCUT2D eigenvalue weighted by atomic mass is 35.5. The summed E-state index contributed by atoms with van der Waals surface area (Å²) in [7, 11) is 0. The van der Waals surface area contributed by atoms with Gasteiger partial charge in [0.1, 0.15) is 12.4 Å². The summed E-state index contributed by atoms with van der Waals surface area (Å²) in [6.45, 7) is 6.43. The lowest BCUT2D eigenvalue weighted by atomic mass is 9.94. The molecular formula is C18H29ClN2O2. The van der Waals surface area contributed by atoms with Crippen molar-refractivity contribution in [3.8, 4) is 5.75 Å². The lowest BCUT2D eigenvalue weighted by Crippen LogP contribution is -2.51. The molecule has 130 valence electrons. The Balaban J connectivity index is 0.00000192. The highest BCUT2D eigenvalue weighted by molar-refractivity contribution is 5.85.